The lowest BCUT2D eigenvalue weighted by Crippen LogP contribution is -2.27. The Morgan fingerprint density at radius 3 is 2.45 bits per heavy atom. The van der Waals surface area contributed by atoms with Gasteiger partial charge in [-0.25, -0.2) is 23.7 Å². The molecule has 9 heteroatoms. The quantitative estimate of drug-likeness (QED) is 0.456. The smallest absolute Gasteiger partial charge is 0.278 e. The predicted octanol–water partition coefficient (Wildman–Crippen LogP) is 4.66. The van der Waals surface area contributed by atoms with Gasteiger partial charge in [-0.3, -0.25) is 9.20 Å². The number of hydrogen-bond acceptors (Lipinski definition) is 4. The number of carbonyl (C=O) groups is 1. The second kappa shape index (κ2) is 7.56. The number of benzene rings is 1. The summed E-state index contributed by atoms with van der Waals surface area (Å²) in [6.45, 7) is 0. The molecular weight excluding hydrogens is 400 g/mol. The third-order valence-electron chi connectivity index (χ3n) is 4.48. The Morgan fingerprint density at radius 1 is 1.03 bits per heavy atom. The number of hydrogen-bond donors (Lipinski definition) is 0. The Labute approximate surface area is 169 Å². The van der Waals surface area contributed by atoms with Crippen molar-refractivity contribution in [3.63, 3.8) is 0 Å². The molecule has 6 nitrogen and oxygen atoms in total. The van der Waals surface area contributed by atoms with Crippen LogP contribution in [0.25, 0.3) is 16.9 Å². The van der Waals surface area contributed by atoms with E-state index in [-0.39, 0.29) is 17.2 Å². The van der Waals surface area contributed by atoms with Crippen molar-refractivity contribution in [2.45, 2.75) is 6.43 Å². The third kappa shape index (κ3) is 3.66. The largest absolute Gasteiger partial charge is 0.309 e. The van der Waals surface area contributed by atoms with E-state index < -0.39 is 6.43 Å². The van der Waals surface area contributed by atoms with Crippen molar-refractivity contribution in [1.82, 2.24) is 19.4 Å². The van der Waals surface area contributed by atoms with Crippen molar-refractivity contribution < 1.29 is 13.6 Å². The van der Waals surface area contributed by atoms with Crippen LogP contribution in [0.1, 0.15) is 22.5 Å². The van der Waals surface area contributed by atoms with Crippen LogP contribution in [-0.2, 0) is 0 Å². The van der Waals surface area contributed by atoms with Gasteiger partial charge in [-0.1, -0.05) is 35.9 Å². The van der Waals surface area contributed by atoms with Crippen LogP contribution in [-0.4, -0.2) is 32.3 Å². The second-order valence-corrected chi connectivity index (χ2v) is 6.66. The Balaban J connectivity index is 1.69. The molecule has 4 aromatic rings. The number of rotatable bonds is 4. The summed E-state index contributed by atoms with van der Waals surface area (Å²) in [5.41, 5.74) is 2.59. The molecule has 0 saturated carbocycles. The van der Waals surface area contributed by atoms with E-state index in [4.69, 9.17) is 11.6 Å². The molecule has 1 aromatic carbocycles. The van der Waals surface area contributed by atoms with E-state index in [1.54, 1.807) is 48.1 Å². The van der Waals surface area contributed by atoms with Crippen LogP contribution in [0.15, 0.2) is 61.2 Å². The monoisotopic (exact) mass is 413 g/mol. The standard InChI is InChI=1S/C20H14ClF2N5O/c1-27(14-6-7-17(21)25-8-14)20(29)15-11-28-16(9-26-18(28)10-24-15)12-2-4-13(5-3-12)19(22)23/h2-11,19H,1H3. The number of alkyl halides is 2. The minimum atomic E-state index is -2.53. The lowest BCUT2D eigenvalue weighted by Gasteiger charge is -2.16. The molecule has 1 amide bonds. The highest BCUT2D eigenvalue weighted by molar-refractivity contribution is 6.29. The normalized spacial score (nSPS) is 11.2. The molecule has 0 saturated heterocycles. The lowest BCUT2D eigenvalue weighted by molar-refractivity contribution is 0.0987. The summed E-state index contributed by atoms with van der Waals surface area (Å²) in [7, 11) is 1.61. The highest BCUT2D eigenvalue weighted by Crippen LogP contribution is 2.25. The average molecular weight is 414 g/mol. The molecular formula is C20H14ClF2N5O. The van der Waals surface area contributed by atoms with E-state index in [0.29, 0.717) is 27.7 Å². The van der Waals surface area contributed by atoms with Crippen molar-refractivity contribution in [3.05, 3.63) is 77.6 Å². The zero-order valence-corrected chi connectivity index (χ0v) is 15.9. The Hall–Kier alpha value is -3.39. The fraction of sp³-hybridized carbons (Fsp3) is 0.100. The molecule has 29 heavy (non-hydrogen) atoms. The number of amides is 1. The minimum absolute atomic E-state index is 0.0571. The minimum Gasteiger partial charge on any atom is -0.309 e. The first-order valence-corrected chi connectivity index (χ1v) is 8.93. The van der Waals surface area contributed by atoms with Gasteiger partial charge < -0.3 is 4.90 Å². The maximum atomic E-state index is 12.8. The molecule has 0 aliphatic rings. The average Bonchev–Trinajstić information content (AvgIpc) is 3.16. The van der Waals surface area contributed by atoms with Gasteiger partial charge in [-0.15, -0.1) is 0 Å². The molecule has 3 heterocycles. The number of anilines is 1. The van der Waals surface area contributed by atoms with Crippen LogP contribution in [0.5, 0.6) is 0 Å². The topological polar surface area (TPSA) is 63.4 Å². The molecule has 0 unspecified atom stereocenters. The van der Waals surface area contributed by atoms with Gasteiger partial charge in [0.15, 0.2) is 5.65 Å². The summed E-state index contributed by atoms with van der Waals surface area (Å²) < 4.78 is 27.3. The fourth-order valence-corrected chi connectivity index (χ4v) is 2.98. The van der Waals surface area contributed by atoms with Gasteiger partial charge in [0, 0.05) is 24.4 Å². The van der Waals surface area contributed by atoms with Gasteiger partial charge in [0.1, 0.15) is 10.8 Å². The second-order valence-electron chi connectivity index (χ2n) is 6.27. The van der Waals surface area contributed by atoms with E-state index in [1.165, 1.54) is 29.4 Å². The maximum Gasteiger partial charge on any atom is 0.278 e. The van der Waals surface area contributed by atoms with Crippen LogP contribution in [0.4, 0.5) is 14.5 Å². The summed E-state index contributed by atoms with van der Waals surface area (Å²) in [5.74, 6) is -0.344. The van der Waals surface area contributed by atoms with E-state index >= 15 is 0 Å². The van der Waals surface area contributed by atoms with E-state index in [9.17, 15) is 13.6 Å². The van der Waals surface area contributed by atoms with Crippen molar-refractivity contribution in [2.75, 3.05) is 11.9 Å². The number of imidazole rings is 1. The van der Waals surface area contributed by atoms with Crippen LogP contribution in [0.3, 0.4) is 0 Å². The predicted molar refractivity (Wildman–Crippen MR) is 105 cm³/mol. The summed E-state index contributed by atoms with van der Waals surface area (Å²) in [4.78, 5) is 26.7. The number of nitrogens with zero attached hydrogens (tertiary/aromatic N) is 5. The Morgan fingerprint density at radius 2 is 1.79 bits per heavy atom. The maximum absolute atomic E-state index is 12.8. The molecule has 0 atom stereocenters. The van der Waals surface area contributed by atoms with Crippen LogP contribution < -0.4 is 4.90 Å². The fourth-order valence-electron chi connectivity index (χ4n) is 2.87. The van der Waals surface area contributed by atoms with E-state index in [2.05, 4.69) is 15.0 Å². The van der Waals surface area contributed by atoms with Gasteiger partial charge in [-0.2, -0.15) is 0 Å². The van der Waals surface area contributed by atoms with Crippen LogP contribution in [0.2, 0.25) is 5.15 Å². The first kappa shape index (κ1) is 18.9. The lowest BCUT2D eigenvalue weighted by atomic mass is 10.1. The zero-order valence-electron chi connectivity index (χ0n) is 15.1. The molecule has 0 bridgehead atoms. The molecule has 0 aliphatic heterocycles. The van der Waals surface area contributed by atoms with Crippen molar-refractivity contribution in [3.8, 4) is 11.3 Å². The van der Waals surface area contributed by atoms with E-state index in [0.717, 1.165) is 0 Å². The molecule has 0 radical (unpaired) electrons. The molecule has 146 valence electrons. The molecule has 3 aromatic heterocycles. The summed E-state index contributed by atoms with van der Waals surface area (Å²) in [6, 6.07) is 9.20. The first-order chi connectivity index (χ1) is 13.9. The Bertz CT molecular complexity index is 1180. The molecule has 0 N–H and O–H groups in total. The van der Waals surface area contributed by atoms with E-state index in [1.807, 2.05) is 0 Å². The number of fused-ring (bicyclic) bond motifs is 1. The zero-order chi connectivity index (χ0) is 20.5. The van der Waals surface area contributed by atoms with Gasteiger partial charge in [0.25, 0.3) is 12.3 Å². The SMILES string of the molecule is CN(C(=O)c1cn2c(-c3ccc(C(F)F)cc3)cnc2cn1)c1ccc(Cl)nc1. The van der Waals surface area contributed by atoms with Crippen molar-refractivity contribution in [1.29, 1.82) is 0 Å². The Kier molecular flexibility index (Phi) is 4.94. The highest BCUT2D eigenvalue weighted by atomic mass is 35.5. The summed E-state index contributed by atoms with van der Waals surface area (Å²) >= 11 is 5.79. The van der Waals surface area contributed by atoms with Crippen LogP contribution in [0, 0.1) is 0 Å². The van der Waals surface area contributed by atoms with Gasteiger partial charge in [0.05, 0.1) is 30.0 Å². The number of carbonyl (C=O) groups excluding carboxylic acids is 1. The first-order valence-electron chi connectivity index (χ1n) is 8.55. The molecule has 0 spiro atoms. The molecule has 0 fully saturated rings. The summed E-state index contributed by atoms with van der Waals surface area (Å²) in [6.07, 6.45) is 3.62. The van der Waals surface area contributed by atoms with Gasteiger partial charge in [-0.05, 0) is 12.1 Å². The highest BCUT2D eigenvalue weighted by Gasteiger charge is 2.17. The molecule has 4 rings (SSSR count). The van der Waals surface area contributed by atoms with Crippen molar-refractivity contribution in [2.24, 2.45) is 0 Å². The number of halogens is 3. The summed E-state index contributed by atoms with van der Waals surface area (Å²) in [5, 5.41) is 0.329. The molecule has 0 aliphatic carbocycles. The van der Waals surface area contributed by atoms with Gasteiger partial charge >= 0.3 is 0 Å². The van der Waals surface area contributed by atoms with Gasteiger partial charge in [0.2, 0.25) is 0 Å². The van der Waals surface area contributed by atoms with Crippen molar-refractivity contribution >= 4 is 28.8 Å². The third-order valence-corrected chi connectivity index (χ3v) is 4.70. The van der Waals surface area contributed by atoms with Crippen LogP contribution >= 0.6 is 11.6 Å². The number of aromatic nitrogens is 4. The number of pyridine rings is 1.